The number of sulfonamides is 1. The zero-order chi connectivity index (χ0) is 26.3. The van der Waals surface area contributed by atoms with Crippen LogP contribution in [-0.2, 0) is 16.6 Å². The molecular formula is C24H26N8O4S2. The first-order valence-electron chi connectivity index (χ1n) is 12.4. The molecule has 14 heteroatoms. The lowest BCUT2D eigenvalue weighted by molar-refractivity contribution is 0.0994. The summed E-state index contributed by atoms with van der Waals surface area (Å²) in [6, 6.07) is 6.53. The molecule has 0 spiro atoms. The van der Waals surface area contributed by atoms with E-state index in [1.54, 1.807) is 24.5 Å². The topological polar surface area (TPSA) is 141 Å². The first kappa shape index (κ1) is 24.9. The van der Waals surface area contributed by atoms with Crippen molar-refractivity contribution >= 4 is 49.7 Å². The van der Waals surface area contributed by atoms with Crippen LogP contribution in [0.25, 0.3) is 0 Å². The van der Waals surface area contributed by atoms with Crippen molar-refractivity contribution in [2.24, 2.45) is 0 Å². The summed E-state index contributed by atoms with van der Waals surface area (Å²) >= 11 is 1.00. The van der Waals surface area contributed by atoms with Gasteiger partial charge in [0.2, 0.25) is 20.2 Å². The molecule has 0 unspecified atom stereocenters. The van der Waals surface area contributed by atoms with E-state index in [2.05, 4.69) is 30.7 Å². The fourth-order valence-electron chi connectivity index (χ4n) is 4.93. The van der Waals surface area contributed by atoms with Crippen molar-refractivity contribution in [2.45, 2.75) is 24.3 Å². The third-order valence-electron chi connectivity index (χ3n) is 6.93. The average molecular weight is 555 g/mol. The lowest BCUT2D eigenvalue weighted by Crippen LogP contribution is -2.43. The van der Waals surface area contributed by atoms with Gasteiger partial charge in [-0.3, -0.25) is 19.5 Å². The number of rotatable bonds is 6. The second-order valence-corrected chi connectivity index (χ2v) is 12.2. The Labute approximate surface area is 223 Å². The van der Waals surface area contributed by atoms with Gasteiger partial charge in [-0.15, -0.1) is 10.2 Å². The van der Waals surface area contributed by atoms with E-state index in [1.807, 2.05) is 6.07 Å². The second-order valence-electron chi connectivity index (χ2n) is 9.30. The van der Waals surface area contributed by atoms with E-state index in [-0.39, 0.29) is 27.5 Å². The highest BCUT2D eigenvalue weighted by Gasteiger charge is 2.34. The summed E-state index contributed by atoms with van der Waals surface area (Å²) in [6.45, 7) is 4.55. The van der Waals surface area contributed by atoms with Gasteiger partial charge in [-0.2, -0.15) is 4.31 Å². The third kappa shape index (κ3) is 4.53. The Balaban J connectivity index is 1.19. The van der Waals surface area contributed by atoms with Crippen molar-refractivity contribution in [3.8, 4) is 0 Å². The maximum atomic E-state index is 13.2. The highest BCUT2D eigenvalue weighted by molar-refractivity contribution is 7.89. The van der Waals surface area contributed by atoms with Crippen LogP contribution in [0, 0.1) is 0 Å². The molecule has 0 saturated carbocycles. The summed E-state index contributed by atoms with van der Waals surface area (Å²) in [5, 5.41) is 14.7. The lowest BCUT2D eigenvalue weighted by atomic mass is 10.1. The number of nitrogens with zero attached hydrogens (tertiary/aromatic N) is 6. The van der Waals surface area contributed by atoms with E-state index < -0.39 is 15.9 Å². The van der Waals surface area contributed by atoms with Gasteiger partial charge in [0.05, 0.1) is 29.0 Å². The zero-order valence-corrected chi connectivity index (χ0v) is 22.1. The van der Waals surface area contributed by atoms with Gasteiger partial charge in [0.1, 0.15) is 0 Å². The summed E-state index contributed by atoms with van der Waals surface area (Å²) in [4.78, 5) is 34.1. The SMILES string of the molecule is O=C(Nc1cnccc1N1CCNCC1)c1nnc(N2Cc3ccc(S(=O)(=O)N4CCCC4)cc3C2=O)s1. The van der Waals surface area contributed by atoms with Crippen molar-refractivity contribution < 1.29 is 18.0 Å². The molecule has 0 aliphatic carbocycles. The Hall–Kier alpha value is -3.46. The maximum absolute atomic E-state index is 13.2. The molecule has 198 valence electrons. The number of piperazine rings is 1. The van der Waals surface area contributed by atoms with Gasteiger partial charge in [0, 0.05) is 51.0 Å². The number of hydrogen-bond donors (Lipinski definition) is 2. The van der Waals surface area contributed by atoms with Crippen LogP contribution in [0.4, 0.5) is 16.5 Å². The number of hydrogen-bond acceptors (Lipinski definition) is 10. The molecule has 3 aliphatic heterocycles. The number of pyridine rings is 1. The molecule has 2 aromatic heterocycles. The van der Waals surface area contributed by atoms with E-state index >= 15 is 0 Å². The van der Waals surface area contributed by atoms with E-state index in [0.29, 0.717) is 29.9 Å². The minimum absolute atomic E-state index is 0.108. The molecule has 0 bridgehead atoms. The first-order valence-corrected chi connectivity index (χ1v) is 14.7. The predicted molar refractivity (Wildman–Crippen MR) is 142 cm³/mol. The third-order valence-corrected chi connectivity index (χ3v) is 9.77. The van der Waals surface area contributed by atoms with Crippen LogP contribution in [0.15, 0.2) is 41.6 Å². The Morgan fingerprint density at radius 3 is 2.63 bits per heavy atom. The van der Waals surface area contributed by atoms with Gasteiger partial charge >= 0.3 is 0 Å². The fourth-order valence-corrected chi connectivity index (χ4v) is 7.21. The highest BCUT2D eigenvalue weighted by atomic mass is 32.2. The van der Waals surface area contributed by atoms with Crippen LogP contribution in [-0.4, -0.2) is 79.0 Å². The molecule has 2 saturated heterocycles. The number of amides is 2. The van der Waals surface area contributed by atoms with Gasteiger partial charge in [-0.25, -0.2) is 8.42 Å². The van der Waals surface area contributed by atoms with Crippen LogP contribution >= 0.6 is 11.3 Å². The highest BCUT2D eigenvalue weighted by Crippen LogP contribution is 2.33. The maximum Gasteiger partial charge on any atom is 0.286 e. The Bertz CT molecular complexity index is 1500. The minimum Gasteiger partial charge on any atom is -0.367 e. The van der Waals surface area contributed by atoms with Crippen molar-refractivity contribution in [2.75, 3.05) is 54.4 Å². The molecule has 3 aromatic rings. The number of fused-ring (bicyclic) bond motifs is 1. The van der Waals surface area contributed by atoms with Crippen molar-refractivity contribution in [3.05, 3.63) is 52.8 Å². The van der Waals surface area contributed by atoms with E-state index in [9.17, 15) is 18.0 Å². The zero-order valence-electron chi connectivity index (χ0n) is 20.5. The molecule has 3 aliphatic rings. The number of carbonyl (C=O) groups is 2. The van der Waals surface area contributed by atoms with Crippen molar-refractivity contribution in [3.63, 3.8) is 0 Å². The summed E-state index contributed by atoms with van der Waals surface area (Å²) in [5.74, 6) is -0.809. The van der Waals surface area contributed by atoms with Gasteiger partial charge in [-0.05, 0) is 36.6 Å². The number of carbonyl (C=O) groups excluding carboxylic acids is 2. The van der Waals surface area contributed by atoms with Crippen LogP contribution in [0.3, 0.4) is 0 Å². The summed E-state index contributed by atoms with van der Waals surface area (Å²) < 4.78 is 27.4. The van der Waals surface area contributed by atoms with Gasteiger partial charge in [0.25, 0.3) is 11.8 Å². The number of anilines is 3. The number of benzene rings is 1. The monoisotopic (exact) mass is 554 g/mol. The smallest absolute Gasteiger partial charge is 0.286 e. The number of aromatic nitrogens is 3. The van der Waals surface area contributed by atoms with Crippen molar-refractivity contribution in [1.29, 1.82) is 0 Å². The van der Waals surface area contributed by atoms with Crippen LogP contribution < -0.4 is 20.4 Å². The normalized spacial score (nSPS) is 18.2. The molecule has 5 heterocycles. The summed E-state index contributed by atoms with van der Waals surface area (Å²) in [6.07, 6.45) is 4.96. The van der Waals surface area contributed by atoms with E-state index in [1.165, 1.54) is 15.3 Å². The molecular weight excluding hydrogens is 528 g/mol. The van der Waals surface area contributed by atoms with Gasteiger partial charge in [0.15, 0.2) is 0 Å². The fraction of sp³-hybridized carbons (Fsp3) is 0.375. The quantitative estimate of drug-likeness (QED) is 0.464. The largest absolute Gasteiger partial charge is 0.367 e. The summed E-state index contributed by atoms with van der Waals surface area (Å²) in [7, 11) is -3.64. The van der Waals surface area contributed by atoms with Crippen LogP contribution in [0.1, 0.15) is 38.6 Å². The molecule has 0 radical (unpaired) electrons. The second kappa shape index (κ2) is 10.0. The molecule has 6 rings (SSSR count). The lowest BCUT2D eigenvalue weighted by Gasteiger charge is -2.30. The molecule has 2 amide bonds. The molecule has 2 N–H and O–H groups in total. The van der Waals surface area contributed by atoms with Gasteiger partial charge < -0.3 is 15.5 Å². The Morgan fingerprint density at radius 2 is 1.84 bits per heavy atom. The first-order chi connectivity index (χ1) is 18.4. The minimum atomic E-state index is -3.64. The van der Waals surface area contributed by atoms with E-state index in [4.69, 9.17) is 0 Å². The molecule has 12 nitrogen and oxygen atoms in total. The molecule has 0 atom stereocenters. The molecule has 2 fully saturated rings. The van der Waals surface area contributed by atoms with Gasteiger partial charge in [-0.1, -0.05) is 17.4 Å². The predicted octanol–water partition coefficient (Wildman–Crippen LogP) is 1.54. The Kier molecular flexibility index (Phi) is 6.55. The number of nitrogens with one attached hydrogen (secondary N) is 2. The summed E-state index contributed by atoms with van der Waals surface area (Å²) in [5.41, 5.74) is 2.48. The molecule has 38 heavy (non-hydrogen) atoms. The van der Waals surface area contributed by atoms with Crippen molar-refractivity contribution in [1.82, 2.24) is 24.8 Å². The van der Waals surface area contributed by atoms with Crippen LogP contribution in [0.2, 0.25) is 0 Å². The molecule has 1 aromatic carbocycles. The standard InChI is InChI=1S/C24H26N8O4S2/c33-21(27-19-14-26-6-5-20(19)30-11-7-25-8-12-30)22-28-29-24(37-22)32-15-16-3-4-17(13-18(16)23(32)34)38(35,36)31-9-1-2-10-31/h3-6,13-14,25H,1-2,7-12,15H2,(H,27,33). The average Bonchev–Trinajstić information content (AvgIpc) is 3.70. The Morgan fingerprint density at radius 1 is 1.05 bits per heavy atom. The van der Waals surface area contributed by atoms with Crippen LogP contribution in [0.5, 0.6) is 0 Å². The van der Waals surface area contributed by atoms with E-state index in [0.717, 1.165) is 56.0 Å².